The maximum atomic E-state index is 14.9. The number of carbonyl (C=O) groups excluding carboxylic acids is 2. The maximum Gasteiger partial charge on any atom is 0.335 e. The van der Waals surface area contributed by atoms with Gasteiger partial charge in [-0.2, -0.15) is 0 Å². The number of carboxylic acids is 1. The van der Waals surface area contributed by atoms with E-state index in [1.807, 2.05) is 13.8 Å². The number of carbonyl (C=O) groups is 3. The Morgan fingerprint density at radius 3 is 1.93 bits per heavy atom. The van der Waals surface area contributed by atoms with E-state index in [1.165, 1.54) is 7.11 Å². The molecule has 8 fully saturated rings. The lowest BCUT2D eigenvalue weighted by atomic mass is 9.33. The fraction of sp³-hybridized carbons (Fsp3) is 0.879. The zero-order valence-electron chi connectivity index (χ0n) is 49.4. The molecule has 0 aromatic carbocycles. The van der Waals surface area contributed by atoms with Gasteiger partial charge in [0, 0.05) is 11.0 Å². The predicted molar refractivity (Wildman–Crippen MR) is 285 cm³/mol. The Bertz CT molecular complexity index is 2500. The molecule has 4 heterocycles. The SMILES string of the molecule is C/C=C(/C)C(=O)O[C@H]1[C@H](O)[C@]2(CO)[C@H](O)C[C@]3(C)C(=CC[C@H]4[C@@]5(C)CC[C@H](O[C@@H]6O[C@H](C(=O)O)[C@@H](O)[C@H](O[C@@H]7OC[C@H](O)[C@H](O)[C@H]7O[C@@H]7OC[C@@H](O)[C@H](O)[C@H]7O)[C@H]6O[C@@H]6O[C@H](CO)[C@H](O)[C@H](O)[C@H]6O)[C@@](C)(C(=O)OC)[C@@H]5CC[C@]43C)[C@@H]2CC1(C)C. The van der Waals surface area contributed by atoms with Crippen LogP contribution in [-0.2, 0) is 61.8 Å². The lowest BCUT2D eigenvalue weighted by Crippen LogP contribution is -2.72. The summed E-state index contributed by atoms with van der Waals surface area (Å²) in [5.41, 5.74) is -4.67. The Morgan fingerprint density at radius 2 is 1.31 bits per heavy atom. The van der Waals surface area contributed by atoms with Crippen molar-refractivity contribution in [2.75, 3.05) is 33.5 Å². The van der Waals surface area contributed by atoms with E-state index >= 15 is 0 Å². The quantitative estimate of drug-likeness (QED) is 0.0367. The average Bonchev–Trinajstić information content (AvgIpc) is 0.675. The highest BCUT2D eigenvalue weighted by Gasteiger charge is 2.74. The molecule has 9 rings (SSSR count). The van der Waals surface area contributed by atoms with E-state index in [-0.39, 0.29) is 18.8 Å². The summed E-state index contributed by atoms with van der Waals surface area (Å²) in [4.78, 5) is 41.3. The molecule has 27 nitrogen and oxygen atoms in total. The number of fused-ring (bicyclic) bond motifs is 7. The number of carboxylic acid groups (broad SMARTS) is 1. The molecule has 27 heteroatoms. The lowest BCUT2D eigenvalue weighted by Gasteiger charge is -2.72. The van der Waals surface area contributed by atoms with Crippen molar-refractivity contribution in [1.29, 1.82) is 0 Å². The van der Waals surface area contributed by atoms with E-state index in [0.717, 1.165) is 5.57 Å². The molecule has 5 aliphatic carbocycles. The topological polar surface area (TPSA) is 427 Å². The van der Waals surface area contributed by atoms with Crippen molar-refractivity contribution in [1.82, 2.24) is 0 Å². The monoisotopic (exact) mass is 1220 g/mol. The third-order valence-electron chi connectivity index (χ3n) is 22.3. The van der Waals surface area contributed by atoms with E-state index in [4.69, 9.17) is 47.4 Å². The number of aliphatic carboxylic acids is 1. The number of ether oxygens (including phenoxy) is 10. The molecule has 4 saturated heterocycles. The van der Waals surface area contributed by atoms with Crippen LogP contribution in [0.2, 0.25) is 0 Å². The molecule has 4 saturated carbocycles. The van der Waals surface area contributed by atoms with Gasteiger partial charge in [0.25, 0.3) is 0 Å². The van der Waals surface area contributed by atoms with Crippen molar-refractivity contribution in [3.05, 3.63) is 23.3 Å². The van der Waals surface area contributed by atoms with Crippen LogP contribution in [0.4, 0.5) is 0 Å². The minimum atomic E-state index is -2.30. The van der Waals surface area contributed by atoms with Gasteiger partial charge in [0.1, 0.15) is 91.6 Å². The Balaban J connectivity index is 1.06. The molecule has 0 aromatic rings. The number of methoxy groups -OCH3 is 1. The van der Waals surface area contributed by atoms with Crippen molar-refractivity contribution < 1.29 is 133 Å². The molecule has 0 unspecified atom stereocenters. The zero-order chi connectivity index (χ0) is 62.6. The molecule has 0 radical (unpaired) electrons. The second-order valence-electron chi connectivity index (χ2n) is 27.0. The summed E-state index contributed by atoms with van der Waals surface area (Å²) in [7, 11) is 1.21. The third-order valence-corrected chi connectivity index (χ3v) is 22.3. The van der Waals surface area contributed by atoms with Crippen LogP contribution in [0.25, 0.3) is 0 Å². The normalized spacial score (nSPS) is 51.6. The summed E-state index contributed by atoms with van der Waals surface area (Å²) < 4.78 is 59.9. The van der Waals surface area contributed by atoms with Crippen molar-refractivity contribution in [3.8, 4) is 0 Å². The van der Waals surface area contributed by atoms with Crippen LogP contribution in [0.5, 0.6) is 0 Å². The van der Waals surface area contributed by atoms with E-state index in [1.54, 1.807) is 26.8 Å². The number of allylic oxidation sites excluding steroid dienone is 3. The summed E-state index contributed by atoms with van der Waals surface area (Å²) in [6.07, 6.45) is -34.0. The van der Waals surface area contributed by atoms with Crippen molar-refractivity contribution in [3.63, 3.8) is 0 Å². The molecule has 9 aliphatic rings. The molecule has 85 heavy (non-hydrogen) atoms. The fourth-order valence-corrected chi connectivity index (χ4v) is 17.0. The van der Waals surface area contributed by atoms with Gasteiger partial charge in [-0.1, -0.05) is 52.3 Å². The lowest BCUT2D eigenvalue weighted by molar-refractivity contribution is -0.399. The van der Waals surface area contributed by atoms with Gasteiger partial charge in [-0.25, -0.2) is 9.59 Å². The van der Waals surface area contributed by atoms with Gasteiger partial charge in [-0.05, 0) is 99.7 Å². The first-order valence-corrected chi connectivity index (χ1v) is 29.5. The van der Waals surface area contributed by atoms with E-state index in [9.17, 15) is 85.9 Å². The predicted octanol–water partition coefficient (Wildman–Crippen LogP) is -2.61. The minimum absolute atomic E-state index is 0.0545. The van der Waals surface area contributed by atoms with Gasteiger partial charge in [-0.15, -0.1) is 0 Å². The van der Waals surface area contributed by atoms with Crippen LogP contribution in [0, 0.1) is 50.2 Å². The van der Waals surface area contributed by atoms with Gasteiger partial charge in [0.05, 0.1) is 56.6 Å². The van der Waals surface area contributed by atoms with Gasteiger partial charge < -0.3 is 119 Å². The molecule has 30 atom stereocenters. The summed E-state index contributed by atoms with van der Waals surface area (Å²) in [5.74, 6) is -4.41. The first-order valence-electron chi connectivity index (χ1n) is 29.5. The molecule has 0 amide bonds. The summed E-state index contributed by atoms with van der Waals surface area (Å²) in [6, 6.07) is 0. The Hall–Kier alpha value is -2.95. The fourth-order valence-electron chi connectivity index (χ4n) is 17.0. The van der Waals surface area contributed by atoms with E-state index < -0.39 is 224 Å². The number of aliphatic hydroxyl groups excluding tert-OH is 13. The van der Waals surface area contributed by atoms with Crippen LogP contribution >= 0.6 is 0 Å². The molecular formula is C58H90O27. The molecule has 0 bridgehead atoms. The Kier molecular flexibility index (Phi) is 19.0. The number of rotatable bonds is 14. The molecular weight excluding hydrogens is 1130 g/mol. The second-order valence-corrected chi connectivity index (χ2v) is 27.0. The van der Waals surface area contributed by atoms with Gasteiger partial charge in [-0.3, -0.25) is 4.79 Å². The number of aliphatic hydroxyl groups is 13. The summed E-state index contributed by atoms with van der Waals surface area (Å²) in [6.45, 7) is 12.5. The van der Waals surface area contributed by atoms with E-state index in [0.29, 0.717) is 37.7 Å². The smallest absolute Gasteiger partial charge is 0.335 e. The second kappa shape index (κ2) is 24.3. The van der Waals surface area contributed by atoms with Gasteiger partial charge >= 0.3 is 17.9 Å². The highest BCUT2D eigenvalue weighted by atomic mass is 16.8. The average molecular weight is 1220 g/mol. The van der Waals surface area contributed by atoms with Crippen molar-refractivity contribution in [2.45, 2.75) is 235 Å². The Morgan fingerprint density at radius 1 is 0.682 bits per heavy atom. The van der Waals surface area contributed by atoms with Gasteiger partial charge in [0.15, 0.2) is 31.3 Å². The molecule has 14 N–H and O–H groups in total. The van der Waals surface area contributed by atoms with Crippen molar-refractivity contribution in [2.24, 2.45) is 50.2 Å². The van der Waals surface area contributed by atoms with Crippen LogP contribution in [0.1, 0.15) is 100 Å². The molecule has 484 valence electrons. The summed E-state index contributed by atoms with van der Waals surface area (Å²) >= 11 is 0. The number of hydrogen-bond acceptors (Lipinski definition) is 26. The zero-order valence-corrected chi connectivity index (χ0v) is 49.4. The summed E-state index contributed by atoms with van der Waals surface area (Å²) in [5, 5.41) is 156. The van der Waals surface area contributed by atoms with Crippen LogP contribution in [0.3, 0.4) is 0 Å². The first-order chi connectivity index (χ1) is 39.8. The third kappa shape index (κ3) is 10.7. The molecule has 0 aromatic heterocycles. The molecule has 0 spiro atoms. The largest absolute Gasteiger partial charge is 0.479 e. The molecule has 4 aliphatic heterocycles. The first kappa shape index (κ1) is 66.5. The van der Waals surface area contributed by atoms with E-state index in [2.05, 4.69) is 26.8 Å². The maximum absolute atomic E-state index is 14.9. The van der Waals surface area contributed by atoms with Crippen molar-refractivity contribution >= 4 is 17.9 Å². The Labute approximate surface area is 492 Å². The highest BCUT2D eigenvalue weighted by Crippen LogP contribution is 2.76. The van der Waals surface area contributed by atoms with Gasteiger partial charge in [0.2, 0.25) is 0 Å². The standard InChI is InChI=1S/C58H90O27/c1-10-23(2)47(74)85-45-44(71)58(22-60)25(17-53(45,3)4)24-11-12-29-54(5)15-14-32(57(8,52(75)76-9)30(54)13-16-55(29,6)56(24,7)18-31(58)63)80-51-43(84-49-38(69)36(67)35(66)28(19-59)79-49)40(39(70)41(82-51)46(72)73)81-50-42(34(65)27(62)21-78-50)83-48-37(68)33(64)26(61)20-77-48/h10-11,25-45,48-51,59-71H,12-22H2,1-9H3,(H,72,73)/b23-10-/t25-,26+,27-,28+,29-,30+,31+,32-,33-,34-,35-,36-,37+,38+,39-,40-,41-,42+,43+,44-,45-,48-,49-,50-,51+,54+,55+,56+,57-,58-/m0/s1. The number of esters is 2. The minimum Gasteiger partial charge on any atom is -0.479 e. The number of hydrogen-bond donors (Lipinski definition) is 14. The van der Waals surface area contributed by atoms with Crippen LogP contribution in [-0.4, -0.2) is 258 Å². The van der Waals surface area contributed by atoms with Crippen LogP contribution < -0.4 is 0 Å². The highest BCUT2D eigenvalue weighted by molar-refractivity contribution is 5.87. The van der Waals surface area contributed by atoms with Crippen LogP contribution in [0.15, 0.2) is 23.3 Å².